The number of rotatable bonds is 22. The molecule has 0 saturated carbocycles. The van der Waals surface area contributed by atoms with E-state index in [1.807, 2.05) is 206 Å². The summed E-state index contributed by atoms with van der Waals surface area (Å²) < 4.78 is 82.0. The van der Waals surface area contributed by atoms with Gasteiger partial charge < -0.3 is 56.8 Å². The highest BCUT2D eigenvalue weighted by Gasteiger charge is 2.56. The van der Waals surface area contributed by atoms with E-state index < -0.39 is 67.7 Å². The normalized spacial score (nSPS) is 25.8. The van der Waals surface area contributed by atoms with E-state index in [2.05, 4.69) is 0 Å². The molecular weight excluding hydrogens is 925 g/mol. The van der Waals surface area contributed by atoms with Gasteiger partial charge in [0.05, 0.1) is 53.4 Å². The maximum Gasteiger partial charge on any atom is 0.229 e. The number of hydrogen-bond donors (Lipinski definition) is 0. The molecule has 0 radical (unpaired) electrons. The topological polar surface area (TPSA) is 111 Å². The molecule has 0 spiro atoms. The zero-order valence-electron chi connectivity index (χ0n) is 40.8. The predicted molar refractivity (Wildman–Crippen MR) is 272 cm³/mol. The lowest BCUT2D eigenvalue weighted by Gasteiger charge is -2.51. The van der Waals surface area contributed by atoms with Crippen molar-refractivity contribution in [1.82, 2.24) is 0 Å². The largest absolute Gasteiger partial charge is 0.497 e. The Morgan fingerprint density at radius 2 is 0.849 bits per heavy atom. The Kier molecular flexibility index (Phi) is 17.6. The van der Waals surface area contributed by atoms with Gasteiger partial charge in [0.1, 0.15) is 60.3 Å². The third-order valence-corrected chi connectivity index (χ3v) is 13.1. The van der Waals surface area contributed by atoms with Gasteiger partial charge in [0, 0.05) is 5.56 Å². The molecular formula is C61H62O12. The number of fused-ring (bicyclic) bond motifs is 1. The first-order chi connectivity index (χ1) is 36.1. The quantitative estimate of drug-likeness (QED) is 0.0645. The molecule has 7 aromatic rings. The van der Waals surface area contributed by atoms with Gasteiger partial charge in [-0.05, 0) is 52.1 Å². The van der Waals surface area contributed by atoms with Crippen LogP contribution in [-0.2, 0) is 80.4 Å². The minimum atomic E-state index is -1.11. The Labute approximate surface area is 427 Å². The van der Waals surface area contributed by atoms with Crippen molar-refractivity contribution in [1.29, 1.82) is 0 Å². The molecule has 378 valence electrons. The summed E-state index contributed by atoms with van der Waals surface area (Å²) in [6, 6.07) is 67.3. The molecule has 0 bridgehead atoms. The zero-order valence-corrected chi connectivity index (χ0v) is 40.8. The molecule has 0 amide bonds. The van der Waals surface area contributed by atoms with E-state index in [0.29, 0.717) is 18.1 Å². The number of methoxy groups -OCH3 is 1. The average molecular weight is 987 g/mol. The van der Waals surface area contributed by atoms with E-state index in [1.54, 1.807) is 7.11 Å². The number of hydrogen-bond acceptors (Lipinski definition) is 12. The summed E-state index contributed by atoms with van der Waals surface area (Å²) in [4.78, 5) is 0. The van der Waals surface area contributed by atoms with Gasteiger partial charge in [-0.2, -0.15) is 0 Å². The molecule has 12 nitrogen and oxygen atoms in total. The Morgan fingerprint density at radius 1 is 0.411 bits per heavy atom. The molecule has 12 heteroatoms. The lowest BCUT2D eigenvalue weighted by atomic mass is 9.95. The van der Waals surface area contributed by atoms with Crippen LogP contribution in [0.25, 0.3) is 0 Å². The molecule has 3 heterocycles. The van der Waals surface area contributed by atoms with Crippen molar-refractivity contribution >= 4 is 0 Å². The lowest BCUT2D eigenvalue weighted by molar-refractivity contribution is -0.395. The SMILES string of the molecule is COc1ccc(O[C@@H]2O[C@@H]3CO[C@H](c4ccccc4)O[C@@H]3[C@H](O[C@H]3O[C@H](COCc4ccccc4)[C@@H](OCc4ccccc4)[C@@H](OCc4ccccc4)[C@H]3OCc3ccccc3)[C@H]2OCc2ccccc2)cc1. The monoisotopic (exact) mass is 986 g/mol. The van der Waals surface area contributed by atoms with Crippen LogP contribution in [0.1, 0.15) is 39.7 Å². The van der Waals surface area contributed by atoms with Crippen LogP contribution in [0.4, 0.5) is 0 Å². The fraction of sp³-hybridized carbons (Fsp3) is 0.311. The van der Waals surface area contributed by atoms with Crippen molar-refractivity contribution in [3.8, 4) is 11.5 Å². The summed E-state index contributed by atoms with van der Waals surface area (Å²) in [5.41, 5.74) is 5.75. The molecule has 3 aliphatic rings. The Balaban J connectivity index is 1.05. The summed E-state index contributed by atoms with van der Waals surface area (Å²) in [5.74, 6) is 1.22. The van der Waals surface area contributed by atoms with E-state index in [0.717, 1.165) is 33.4 Å². The fourth-order valence-electron chi connectivity index (χ4n) is 9.32. The average Bonchev–Trinajstić information content (AvgIpc) is 3.45. The third-order valence-electron chi connectivity index (χ3n) is 13.1. The van der Waals surface area contributed by atoms with Gasteiger partial charge in [-0.25, -0.2) is 0 Å². The van der Waals surface area contributed by atoms with Crippen molar-refractivity contribution < 1.29 is 56.8 Å². The van der Waals surface area contributed by atoms with Crippen molar-refractivity contribution in [3.05, 3.63) is 240 Å². The van der Waals surface area contributed by atoms with E-state index in [-0.39, 0.29) is 39.6 Å². The first-order valence-corrected chi connectivity index (χ1v) is 25.0. The molecule has 3 aliphatic heterocycles. The van der Waals surface area contributed by atoms with Crippen LogP contribution >= 0.6 is 0 Å². The summed E-state index contributed by atoms with van der Waals surface area (Å²) in [6.07, 6.45) is -9.11. The van der Waals surface area contributed by atoms with E-state index in [1.165, 1.54) is 0 Å². The molecule has 3 fully saturated rings. The molecule has 0 unspecified atom stereocenters. The maximum atomic E-state index is 7.56. The van der Waals surface area contributed by atoms with Crippen LogP contribution in [0.3, 0.4) is 0 Å². The van der Waals surface area contributed by atoms with E-state index >= 15 is 0 Å². The van der Waals surface area contributed by atoms with Crippen LogP contribution in [0.15, 0.2) is 206 Å². The van der Waals surface area contributed by atoms with Gasteiger partial charge in [0.2, 0.25) is 6.29 Å². The van der Waals surface area contributed by atoms with Gasteiger partial charge in [-0.1, -0.05) is 182 Å². The van der Waals surface area contributed by atoms with Gasteiger partial charge in [0.25, 0.3) is 0 Å². The molecule has 11 atom stereocenters. The second-order valence-electron chi connectivity index (χ2n) is 18.2. The Hall–Kier alpha value is -6.26. The molecule has 0 aromatic heterocycles. The van der Waals surface area contributed by atoms with Gasteiger partial charge in [-0.3, -0.25) is 0 Å². The second-order valence-corrected chi connectivity index (χ2v) is 18.2. The van der Waals surface area contributed by atoms with Crippen LogP contribution < -0.4 is 9.47 Å². The van der Waals surface area contributed by atoms with Crippen LogP contribution in [-0.4, -0.2) is 81.7 Å². The van der Waals surface area contributed by atoms with E-state index in [4.69, 9.17) is 56.8 Å². The van der Waals surface area contributed by atoms with Crippen molar-refractivity contribution in [2.75, 3.05) is 20.3 Å². The summed E-state index contributed by atoms with van der Waals surface area (Å²) in [5, 5.41) is 0. The lowest BCUT2D eigenvalue weighted by Crippen LogP contribution is -2.67. The van der Waals surface area contributed by atoms with Gasteiger partial charge in [-0.15, -0.1) is 0 Å². The van der Waals surface area contributed by atoms with Crippen LogP contribution in [0.5, 0.6) is 11.5 Å². The molecule has 73 heavy (non-hydrogen) atoms. The predicted octanol–water partition coefficient (Wildman–Crippen LogP) is 10.6. The molecule has 3 saturated heterocycles. The van der Waals surface area contributed by atoms with E-state index in [9.17, 15) is 0 Å². The van der Waals surface area contributed by atoms with Crippen molar-refractivity contribution in [2.24, 2.45) is 0 Å². The minimum absolute atomic E-state index is 0.141. The minimum Gasteiger partial charge on any atom is -0.497 e. The standard InChI is InChI=1S/C61H62O12/c1-62-49-32-34-50(35-33-49)69-60-58(67-40-47-28-16-6-17-29-47)56(54-52(71-60)42-68-59(72-54)48-30-18-7-19-31-48)73-61-57(66-39-46-26-14-5-15-27-46)55(65-38-45-24-12-4-13-25-45)53(64-37-44-22-10-3-11-23-44)51(70-61)41-63-36-43-20-8-2-9-21-43/h2-35,51-61H,36-42H2,1H3/t51-,52-,53-,54+,55-,56+,57-,58-,59+,60-,61-/m1/s1. The Bertz CT molecular complexity index is 2650. The van der Waals surface area contributed by atoms with Gasteiger partial charge in [0.15, 0.2) is 12.6 Å². The highest BCUT2D eigenvalue weighted by Crippen LogP contribution is 2.40. The molecule has 7 aromatic carbocycles. The summed E-state index contributed by atoms with van der Waals surface area (Å²) in [7, 11) is 1.63. The Morgan fingerprint density at radius 3 is 1.36 bits per heavy atom. The molecule has 0 aliphatic carbocycles. The summed E-state index contributed by atoms with van der Waals surface area (Å²) >= 11 is 0. The fourth-order valence-corrected chi connectivity index (χ4v) is 9.32. The third kappa shape index (κ3) is 13.5. The first-order valence-electron chi connectivity index (χ1n) is 25.0. The highest BCUT2D eigenvalue weighted by molar-refractivity contribution is 5.31. The smallest absolute Gasteiger partial charge is 0.229 e. The number of ether oxygens (including phenoxy) is 12. The van der Waals surface area contributed by atoms with Crippen molar-refractivity contribution in [3.63, 3.8) is 0 Å². The maximum absolute atomic E-state index is 7.56. The van der Waals surface area contributed by atoms with Gasteiger partial charge >= 0.3 is 0 Å². The highest BCUT2D eigenvalue weighted by atomic mass is 16.8. The van der Waals surface area contributed by atoms with Crippen molar-refractivity contribution in [2.45, 2.75) is 101 Å². The second kappa shape index (κ2) is 25.6. The zero-order chi connectivity index (χ0) is 49.4. The number of benzene rings is 7. The molecule has 10 rings (SSSR count). The summed E-state index contributed by atoms with van der Waals surface area (Å²) in [6.45, 7) is 1.63. The molecule has 0 N–H and O–H groups in total. The van der Waals surface area contributed by atoms with Crippen LogP contribution in [0.2, 0.25) is 0 Å². The first kappa shape index (κ1) is 50.3. The van der Waals surface area contributed by atoms with Crippen LogP contribution in [0, 0.1) is 0 Å².